The van der Waals surface area contributed by atoms with Crippen LogP contribution < -0.4 is 10.6 Å². The van der Waals surface area contributed by atoms with Gasteiger partial charge in [0.25, 0.3) is 0 Å². The number of aromatic nitrogens is 1. The average molecular weight is 311 g/mol. The molecule has 1 fully saturated rings. The minimum atomic E-state index is -0.734. The molecular weight excluding hydrogens is 290 g/mol. The molecule has 1 saturated carbocycles. The van der Waals surface area contributed by atoms with Gasteiger partial charge in [-0.1, -0.05) is 13.8 Å². The Morgan fingerprint density at radius 2 is 2.00 bits per heavy atom. The van der Waals surface area contributed by atoms with Gasteiger partial charge in [-0.2, -0.15) is 0 Å². The lowest BCUT2D eigenvalue weighted by Crippen LogP contribution is -2.40. The van der Waals surface area contributed by atoms with Crippen molar-refractivity contribution in [2.45, 2.75) is 51.5 Å². The van der Waals surface area contributed by atoms with Crippen LogP contribution in [0.2, 0.25) is 0 Å². The number of carboxylic acid groups (broad SMARTS) is 1. The highest BCUT2D eigenvalue weighted by molar-refractivity contribution is 7.13. The van der Waals surface area contributed by atoms with Gasteiger partial charge in [0, 0.05) is 11.4 Å². The second-order valence-corrected chi connectivity index (χ2v) is 6.58. The molecule has 116 valence electrons. The topological polar surface area (TPSA) is 91.3 Å². The number of carbonyl (C=O) groups excluding carboxylic acids is 1. The SMILES string of the molecule is CC(C)c1csc(NC(=O)NC2CCC(C(=O)O)CC2)n1. The van der Waals surface area contributed by atoms with E-state index in [0.29, 0.717) is 36.7 Å². The van der Waals surface area contributed by atoms with Gasteiger partial charge in [-0.15, -0.1) is 11.3 Å². The van der Waals surface area contributed by atoms with Gasteiger partial charge in [0.2, 0.25) is 0 Å². The summed E-state index contributed by atoms with van der Waals surface area (Å²) in [7, 11) is 0. The standard InChI is InChI=1S/C14H21N3O3S/c1-8(2)11-7-21-14(16-11)17-13(20)15-10-5-3-9(4-6-10)12(18)19/h7-10H,3-6H2,1-2H3,(H,18,19)(H2,15,16,17,20). The Labute approximate surface area is 128 Å². The maximum absolute atomic E-state index is 11.9. The Bertz CT molecular complexity index is 507. The van der Waals surface area contributed by atoms with Crippen molar-refractivity contribution < 1.29 is 14.7 Å². The van der Waals surface area contributed by atoms with Crippen LogP contribution in [0, 0.1) is 5.92 Å². The molecule has 1 aliphatic rings. The summed E-state index contributed by atoms with van der Waals surface area (Å²) in [5.41, 5.74) is 0.970. The van der Waals surface area contributed by atoms with E-state index in [4.69, 9.17) is 5.11 Å². The molecule has 0 radical (unpaired) electrons. The number of amides is 2. The molecule has 7 heteroatoms. The molecule has 3 N–H and O–H groups in total. The third-order valence-electron chi connectivity index (χ3n) is 3.75. The first kappa shape index (κ1) is 15.8. The van der Waals surface area contributed by atoms with E-state index >= 15 is 0 Å². The number of thiazole rings is 1. The number of nitrogens with zero attached hydrogens (tertiary/aromatic N) is 1. The van der Waals surface area contributed by atoms with Gasteiger partial charge >= 0.3 is 12.0 Å². The summed E-state index contributed by atoms with van der Waals surface area (Å²) in [5.74, 6) is -0.660. The third-order valence-corrected chi connectivity index (χ3v) is 4.52. The fraction of sp³-hybridized carbons (Fsp3) is 0.643. The number of nitrogens with one attached hydrogen (secondary N) is 2. The zero-order chi connectivity index (χ0) is 15.4. The fourth-order valence-electron chi connectivity index (χ4n) is 2.41. The molecule has 1 heterocycles. The monoisotopic (exact) mass is 311 g/mol. The molecule has 2 rings (SSSR count). The summed E-state index contributed by atoms with van der Waals surface area (Å²) in [6.07, 6.45) is 2.66. The van der Waals surface area contributed by atoms with Crippen molar-refractivity contribution in [3.63, 3.8) is 0 Å². The van der Waals surface area contributed by atoms with E-state index in [1.165, 1.54) is 11.3 Å². The number of urea groups is 1. The van der Waals surface area contributed by atoms with Crippen LogP contribution in [0.1, 0.15) is 51.1 Å². The summed E-state index contributed by atoms with van der Waals surface area (Å²) in [6.45, 7) is 4.11. The minimum Gasteiger partial charge on any atom is -0.481 e. The van der Waals surface area contributed by atoms with Crippen LogP contribution >= 0.6 is 11.3 Å². The zero-order valence-electron chi connectivity index (χ0n) is 12.3. The van der Waals surface area contributed by atoms with Gasteiger partial charge < -0.3 is 10.4 Å². The molecule has 6 nitrogen and oxygen atoms in total. The summed E-state index contributed by atoms with van der Waals surface area (Å²) in [6, 6.07) is -0.219. The average Bonchev–Trinajstić information content (AvgIpc) is 2.87. The van der Waals surface area contributed by atoms with E-state index in [9.17, 15) is 9.59 Å². The molecule has 0 saturated heterocycles. The van der Waals surface area contributed by atoms with Crippen molar-refractivity contribution in [1.29, 1.82) is 0 Å². The Balaban J connectivity index is 1.78. The Morgan fingerprint density at radius 1 is 1.33 bits per heavy atom. The molecule has 2 amide bonds. The summed E-state index contributed by atoms with van der Waals surface area (Å²) in [5, 5.41) is 17.1. The molecule has 0 bridgehead atoms. The molecule has 1 aliphatic carbocycles. The molecule has 21 heavy (non-hydrogen) atoms. The van der Waals surface area contributed by atoms with Crippen LogP contribution in [0.5, 0.6) is 0 Å². The lowest BCUT2D eigenvalue weighted by Gasteiger charge is -2.26. The van der Waals surface area contributed by atoms with Crippen LogP contribution in [0.25, 0.3) is 0 Å². The number of carbonyl (C=O) groups is 2. The number of carboxylic acids is 1. The lowest BCUT2D eigenvalue weighted by atomic mass is 9.86. The van der Waals surface area contributed by atoms with Crippen molar-refractivity contribution in [2.24, 2.45) is 5.92 Å². The van der Waals surface area contributed by atoms with E-state index < -0.39 is 5.97 Å². The van der Waals surface area contributed by atoms with E-state index in [0.717, 1.165) is 5.69 Å². The maximum atomic E-state index is 11.9. The second-order valence-electron chi connectivity index (χ2n) is 5.72. The maximum Gasteiger partial charge on any atom is 0.321 e. The first-order chi connectivity index (χ1) is 9.95. The normalized spacial score (nSPS) is 22.0. The van der Waals surface area contributed by atoms with E-state index in [1.54, 1.807) is 0 Å². The molecule has 1 aromatic heterocycles. The highest BCUT2D eigenvalue weighted by Gasteiger charge is 2.26. The summed E-state index contributed by atoms with van der Waals surface area (Å²) < 4.78 is 0. The molecule has 1 aromatic rings. The first-order valence-corrected chi connectivity index (χ1v) is 8.09. The van der Waals surface area contributed by atoms with E-state index in [1.807, 2.05) is 5.38 Å². The molecule has 0 aliphatic heterocycles. The lowest BCUT2D eigenvalue weighted by molar-refractivity contribution is -0.142. The Morgan fingerprint density at radius 3 is 2.52 bits per heavy atom. The van der Waals surface area contributed by atoms with Gasteiger partial charge in [-0.3, -0.25) is 10.1 Å². The molecule has 0 atom stereocenters. The van der Waals surface area contributed by atoms with Crippen molar-refractivity contribution >= 4 is 28.5 Å². The Kier molecular flexibility index (Phi) is 5.17. The van der Waals surface area contributed by atoms with Crippen LogP contribution in [-0.2, 0) is 4.79 Å². The molecule has 0 unspecified atom stereocenters. The van der Waals surface area contributed by atoms with Gasteiger partial charge in [-0.05, 0) is 31.6 Å². The quantitative estimate of drug-likeness (QED) is 0.797. The van der Waals surface area contributed by atoms with Gasteiger partial charge in [0.05, 0.1) is 11.6 Å². The zero-order valence-corrected chi connectivity index (χ0v) is 13.1. The van der Waals surface area contributed by atoms with Gasteiger partial charge in [0.1, 0.15) is 0 Å². The molecular formula is C14H21N3O3S. The number of aliphatic carboxylic acids is 1. The number of hydrogen-bond acceptors (Lipinski definition) is 4. The van der Waals surface area contributed by atoms with Crippen LogP contribution in [-0.4, -0.2) is 28.1 Å². The summed E-state index contributed by atoms with van der Waals surface area (Å²) in [4.78, 5) is 27.1. The minimum absolute atomic E-state index is 0.0464. The van der Waals surface area contributed by atoms with E-state index in [-0.39, 0.29) is 18.0 Å². The largest absolute Gasteiger partial charge is 0.481 e. The highest BCUT2D eigenvalue weighted by Crippen LogP contribution is 2.25. The first-order valence-electron chi connectivity index (χ1n) is 7.21. The van der Waals surface area contributed by atoms with Crippen LogP contribution in [0.15, 0.2) is 5.38 Å². The number of anilines is 1. The number of rotatable bonds is 4. The van der Waals surface area contributed by atoms with Crippen molar-refractivity contribution in [3.8, 4) is 0 Å². The van der Waals surface area contributed by atoms with Crippen molar-refractivity contribution in [1.82, 2.24) is 10.3 Å². The van der Waals surface area contributed by atoms with Gasteiger partial charge in [0.15, 0.2) is 5.13 Å². The fourth-order valence-corrected chi connectivity index (χ4v) is 3.28. The van der Waals surface area contributed by atoms with Crippen LogP contribution in [0.3, 0.4) is 0 Å². The van der Waals surface area contributed by atoms with Crippen molar-refractivity contribution in [2.75, 3.05) is 5.32 Å². The second kappa shape index (κ2) is 6.89. The predicted octanol–water partition coefficient (Wildman–Crippen LogP) is 3.03. The van der Waals surface area contributed by atoms with E-state index in [2.05, 4.69) is 29.5 Å². The molecule has 0 aromatic carbocycles. The van der Waals surface area contributed by atoms with Gasteiger partial charge in [-0.25, -0.2) is 9.78 Å². The summed E-state index contributed by atoms with van der Waals surface area (Å²) >= 11 is 1.41. The third kappa shape index (κ3) is 4.42. The smallest absolute Gasteiger partial charge is 0.321 e. The Hall–Kier alpha value is -1.63. The van der Waals surface area contributed by atoms with Crippen molar-refractivity contribution in [3.05, 3.63) is 11.1 Å². The highest BCUT2D eigenvalue weighted by atomic mass is 32.1. The predicted molar refractivity (Wildman–Crippen MR) is 81.7 cm³/mol. The molecule has 0 spiro atoms. The van der Waals surface area contributed by atoms with Crippen LogP contribution in [0.4, 0.5) is 9.93 Å². The number of hydrogen-bond donors (Lipinski definition) is 3.